The molecule has 2 aliphatic heterocycles. The van der Waals surface area contributed by atoms with Gasteiger partial charge in [-0.05, 0) is 38.7 Å². The van der Waals surface area contributed by atoms with E-state index >= 15 is 0 Å². The van der Waals surface area contributed by atoms with Crippen molar-refractivity contribution < 1.29 is 22.7 Å². The predicted molar refractivity (Wildman–Crippen MR) is 115 cm³/mol. The maximum absolute atomic E-state index is 13.4. The summed E-state index contributed by atoms with van der Waals surface area (Å²) in [7, 11) is 0.0838. The van der Waals surface area contributed by atoms with Gasteiger partial charge in [0.05, 0.1) is 18.4 Å². The number of sulfonamides is 1. The van der Waals surface area contributed by atoms with Gasteiger partial charge in [-0.2, -0.15) is 0 Å². The van der Waals surface area contributed by atoms with Crippen molar-refractivity contribution in [1.82, 2.24) is 13.8 Å². The molecule has 30 heavy (non-hydrogen) atoms. The van der Waals surface area contributed by atoms with Crippen LogP contribution < -0.4 is 0 Å². The summed E-state index contributed by atoms with van der Waals surface area (Å²) in [4.78, 5) is 15.3. The number of piperidine rings is 1. The van der Waals surface area contributed by atoms with Gasteiger partial charge in [0, 0.05) is 70.4 Å². The van der Waals surface area contributed by atoms with E-state index in [-0.39, 0.29) is 17.2 Å². The van der Waals surface area contributed by atoms with Gasteiger partial charge >= 0.3 is 0 Å². The van der Waals surface area contributed by atoms with Crippen molar-refractivity contribution in [2.75, 3.05) is 59.9 Å². The Hall–Kier alpha value is -1.42. The number of rotatable bonds is 8. The first-order chi connectivity index (χ1) is 14.1. The third-order valence-corrected chi connectivity index (χ3v) is 8.04. The van der Waals surface area contributed by atoms with Crippen molar-refractivity contribution in [3.63, 3.8) is 0 Å². The van der Waals surface area contributed by atoms with E-state index in [1.165, 1.54) is 6.26 Å². The van der Waals surface area contributed by atoms with Crippen molar-refractivity contribution in [3.8, 4) is 0 Å². The zero-order valence-corrected chi connectivity index (χ0v) is 19.6. The molecule has 1 aromatic heterocycles. The lowest BCUT2D eigenvalue weighted by molar-refractivity contribution is 0.00339. The van der Waals surface area contributed by atoms with E-state index in [0.717, 1.165) is 36.3 Å². The average Bonchev–Trinajstić information content (AvgIpc) is 3.20. The maximum atomic E-state index is 13.4. The molecule has 2 saturated heterocycles. The molecule has 9 heteroatoms. The number of fused-ring (bicyclic) bond motifs is 1. The number of hydrogen-bond acceptors (Lipinski definition) is 5. The fourth-order valence-corrected chi connectivity index (χ4v) is 6.04. The molecule has 0 aliphatic carbocycles. The highest BCUT2D eigenvalue weighted by Crippen LogP contribution is 2.44. The number of aromatic nitrogens is 1. The Bertz CT molecular complexity index is 881. The molecule has 0 bridgehead atoms. The molecule has 0 radical (unpaired) electrons. The van der Waals surface area contributed by atoms with E-state index in [0.29, 0.717) is 39.4 Å². The second-order valence-corrected chi connectivity index (χ2v) is 10.8. The molecule has 2 aliphatic rings. The molecular formula is C21H35N3O5S. The highest BCUT2D eigenvalue weighted by atomic mass is 32.2. The van der Waals surface area contributed by atoms with E-state index in [9.17, 15) is 13.2 Å². The van der Waals surface area contributed by atoms with Crippen molar-refractivity contribution >= 4 is 15.9 Å². The van der Waals surface area contributed by atoms with Crippen LogP contribution in [-0.4, -0.2) is 88.0 Å². The molecule has 2 fully saturated rings. The normalized spacial score (nSPS) is 25.0. The monoisotopic (exact) mass is 441 g/mol. The van der Waals surface area contributed by atoms with Crippen LogP contribution in [0.1, 0.15) is 34.6 Å². The van der Waals surface area contributed by atoms with Crippen LogP contribution in [0.5, 0.6) is 0 Å². The molecule has 0 unspecified atom stereocenters. The van der Waals surface area contributed by atoms with Gasteiger partial charge in [0.25, 0.3) is 5.91 Å². The smallest absolute Gasteiger partial charge is 0.255 e. The van der Waals surface area contributed by atoms with E-state index in [1.54, 1.807) is 18.5 Å². The lowest BCUT2D eigenvalue weighted by Gasteiger charge is -2.43. The highest BCUT2D eigenvalue weighted by molar-refractivity contribution is 7.88. The molecule has 1 aromatic rings. The zero-order valence-electron chi connectivity index (χ0n) is 18.8. The van der Waals surface area contributed by atoms with E-state index in [1.807, 2.05) is 24.8 Å². The topological polar surface area (TPSA) is 81.1 Å². The summed E-state index contributed by atoms with van der Waals surface area (Å²) in [6.45, 7) is 8.13. The number of nitrogens with zero attached hydrogens (tertiary/aromatic N) is 3. The summed E-state index contributed by atoms with van der Waals surface area (Å²) < 4.78 is 38.6. The first kappa shape index (κ1) is 23.2. The summed E-state index contributed by atoms with van der Waals surface area (Å²) >= 11 is 0. The summed E-state index contributed by atoms with van der Waals surface area (Å²) in [5, 5.41) is 0. The van der Waals surface area contributed by atoms with Crippen LogP contribution in [0.15, 0.2) is 6.07 Å². The minimum absolute atomic E-state index is 0.0323. The molecule has 3 rings (SSSR count). The Morgan fingerprint density at radius 3 is 2.60 bits per heavy atom. The fraction of sp³-hybridized carbons (Fsp3) is 0.762. The molecule has 0 N–H and O–H groups in total. The lowest BCUT2D eigenvalue weighted by Crippen LogP contribution is -2.51. The average molecular weight is 442 g/mol. The summed E-state index contributed by atoms with van der Waals surface area (Å²) in [5.41, 5.74) is 2.57. The first-order valence-electron chi connectivity index (χ1n) is 10.5. The van der Waals surface area contributed by atoms with Crippen LogP contribution in [-0.2, 0) is 26.0 Å². The molecule has 2 atom stereocenters. The number of hydrogen-bond donors (Lipinski definition) is 0. The van der Waals surface area contributed by atoms with Crippen LogP contribution in [0.25, 0.3) is 0 Å². The van der Waals surface area contributed by atoms with Gasteiger partial charge in [-0.3, -0.25) is 4.79 Å². The molecule has 0 saturated carbocycles. The Kier molecular flexibility index (Phi) is 6.96. The van der Waals surface area contributed by atoms with Gasteiger partial charge in [0.15, 0.2) is 0 Å². The SMILES string of the molecule is COCCCn1c(C)cc(C(=O)N2CC[C@@]3(COC)CN(S(C)(=O)=O)C[C@H]3C2)c1C. The van der Waals surface area contributed by atoms with Gasteiger partial charge < -0.3 is 18.9 Å². The number of ether oxygens (including phenoxy) is 2. The largest absolute Gasteiger partial charge is 0.385 e. The second-order valence-electron chi connectivity index (χ2n) is 8.83. The van der Waals surface area contributed by atoms with E-state index < -0.39 is 10.0 Å². The lowest BCUT2D eigenvalue weighted by atomic mass is 9.73. The van der Waals surface area contributed by atoms with E-state index in [4.69, 9.17) is 9.47 Å². The Morgan fingerprint density at radius 2 is 1.97 bits per heavy atom. The fourth-order valence-electron chi connectivity index (χ4n) is 5.09. The van der Waals surface area contributed by atoms with Gasteiger partial charge in [-0.1, -0.05) is 0 Å². The van der Waals surface area contributed by atoms with Gasteiger partial charge in [0.1, 0.15) is 0 Å². The quantitative estimate of drug-likeness (QED) is 0.571. The zero-order chi connectivity index (χ0) is 22.1. The number of likely N-dealkylation sites (tertiary alicyclic amines) is 1. The standard InChI is InChI=1S/C21H35N3O5S/c1-16-11-19(17(2)24(16)8-6-10-28-3)20(25)22-9-7-21(15-29-4)14-23(30(5,26)27)13-18(21)12-22/h11,18H,6-10,12-15H2,1-5H3/t18-,21+/m1/s1. The summed E-state index contributed by atoms with van der Waals surface area (Å²) in [5.74, 6) is 0.111. The second kappa shape index (κ2) is 8.98. The maximum Gasteiger partial charge on any atom is 0.255 e. The predicted octanol–water partition coefficient (Wildman–Crippen LogP) is 1.51. The van der Waals surface area contributed by atoms with Crippen LogP contribution in [0.4, 0.5) is 0 Å². The number of carbonyl (C=O) groups excluding carboxylic acids is 1. The van der Waals surface area contributed by atoms with Gasteiger partial charge in [0.2, 0.25) is 10.0 Å². The van der Waals surface area contributed by atoms with Crippen LogP contribution in [0.2, 0.25) is 0 Å². The number of aryl methyl sites for hydroxylation is 1. The number of methoxy groups -OCH3 is 2. The minimum atomic E-state index is -3.27. The highest BCUT2D eigenvalue weighted by Gasteiger charge is 2.52. The number of carbonyl (C=O) groups is 1. The van der Waals surface area contributed by atoms with Gasteiger partial charge in [-0.15, -0.1) is 0 Å². The minimum Gasteiger partial charge on any atom is -0.385 e. The number of amides is 1. The third-order valence-electron chi connectivity index (χ3n) is 6.82. The molecule has 1 amide bonds. The van der Waals surface area contributed by atoms with Crippen molar-refractivity contribution in [3.05, 3.63) is 23.0 Å². The van der Waals surface area contributed by atoms with Gasteiger partial charge in [-0.25, -0.2) is 12.7 Å². The Balaban J connectivity index is 1.77. The Morgan fingerprint density at radius 1 is 1.23 bits per heavy atom. The van der Waals surface area contributed by atoms with Crippen molar-refractivity contribution in [2.24, 2.45) is 11.3 Å². The van der Waals surface area contributed by atoms with Crippen LogP contribution >= 0.6 is 0 Å². The van der Waals surface area contributed by atoms with Crippen molar-refractivity contribution in [2.45, 2.75) is 33.2 Å². The van der Waals surface area contributed by atoms with Crippen molar-refractivity contribution in [1.29, 1.82) is 0 Å². The summed E-state index contributed by atoms with van der Waals surface area (Å²) in [6, 6.07) is 1.97. The first-order valence-corrected chi connectivity index (χ1v) is 12.4. The van der Waals surface area contributed by atoms with Crippen LogP contribution in [0.3, 0.4) is 0 Å². The summed E-state index contributed by atoms with van der Waals surface area (Å²) in [6.07, 6.45) is 2.90. The molecule has 3 heterocycles. The molecule has 8 nitrogen and oxygen atoms in total. The Labute approximate surface area is 180 Å². The van der Waals surface area contributed by atoms with E-state index in [2.05, 4.69) is 4.57 Å². The molecule has 0 spiro atoms. The van der Waals surface area contributed by atoms with Crippen LogP contribution in [0, 0.1) is 25.2 Å². The molecular weight excluding hydrogens is 406 g/mol. The molecule has 0 aromatic carbocycles. The molecule has 170 valence electrons. The third kappa shape index (κ3) is 4.44.